The largest absolute Gasteiger partial charge is 0.443 e. The second kappa shape index (κ2) is 14.5. The summed E-state index contributed by atoms with van der Waals surface area (Å²) >= 11 is 0. The average Bonchev–Trinajstić information content (AvgIpc) is 3.73. The van der Waals surface area contributed by atoms with Crippen LogP contribution in [0.1, 0.15) is 91.4 Å². The number of anilines is 3. The molecule has 0 saturated carbocycles. The number of nitrogens with zero attached hydrogens (tertiary/aromatic N) is 8. The Balaban J connectivity index is 1.53. The number of benzene rings is 1. The second-order valence-corrected chi connectivity index (χ2v) is 22.0. The van der Waals surface area contributed by atoms with Gasteiger partial charge in [-0.3, -0.25) is 9.58 Å². The van der Waals surface area contributed by atoms with Crippen molar-refractivity contribution >= 4 is 31.7 Å². The first-order valence-corrected chi connectivity index (χ1v) is 21.0. The number of nitrogens with one attached hydrogen (secondary N) is 1. The van der Waals surface area contributed by atoms with Crippen LogP contribution >= 0.6 is 0 Å². The third kappa shape index (κ3) is 8.39. The van der Waals surface area contributed by atoms with Gasteiger partial charge in [-0.2, -0.15) is 10.4 Å². The zero-order valence-electron chi connectivity index (χ0n) is 33.0. The van der Waals surface area contributed by atoms with E-state index in [1.807, 2.05) is 61.6 Å². The minimum absolute atomic E-state index is 0.00303. The van der Waals surface area contributed by atoms with Gasteiger partial charge >= 0.3 is 6.09 Å². The van der Waals surface area contributed by atoms with Gasteiger partial charge in [0.2, 0.25) is 5.95 Å². The number of aromatic nitrogens is 6. The van der Waals surface area contributed by atoms with Crippen LogP contribution in [0, 0.1) is 17.2 Å². The van der Waals surface area contributed by atoms with Crippen LogP contribution < -0.4 is 10.2 Å². The van der Waals surface area contributed by atoms with E-state index in [2.05, 4.69) is 76.0 Å². The summed E-state index contributed by atoms with van der Waals surface area (Å²) < 4.78 is 16.6. The molecule has 1 aromatic carbocycles. The molecular formula is C39H55N9O3Si. The summed E-state index contributed by atoms with van der Waals surface area (Å²) in [7, 11) is -0.169. The Morgan fingerprint density at radius 3 is 2.48 bits per heavy atom. The van der Waals surface area contributed by atoms with Gasteiger partial charge in [0.05, 0.1) is 41.1 Å². The Bertz CT molecular complexity index is 1960. The van der Waals surface area contributed by atoms with Crippen molar-refractivity contribution in [3.63, 3.8) is 0 Å². The Hall–Kier alpha value is -4.54. The van der Waals surface area contributed by atoms with Crippen LogP contribution in [0.15, 0.2) is 43.0 Å². The van der Waals surface area contributed by atoms with Crippen LogP contribution in [-0.4, -0.2) is 62.5 Å². The number of aryl methyl sites for hydroxylation is 1. The van der Waals surface area contributed by atoms with Crippen LogP contribution in [0.25, 0.3) is 11.3 Å². The molecule has 0 saturated heterocycles. The van der Waals surface area contributed by atoms with Gasteiger partial charge in [0.15, 0.2) is 8.32 Å². The molecule has 0 aliphatic carbocycles. The van der Waals surface area contributed by atoms with Gasteiger partial charge in [-0.25, -0.2) is 19.7 Å². The quantitative estimate of drug-likeness (QED) is 0.151. The maximum Gasteiger partial charge on any atom is 0.414 e. The highest BCUT2D eigenvalue weighted by Gasteiger charge is 2.47. The van der Waals surface area contributed by atoms with Crippen LogP contribution in [0.2, 0.25) is 18.1 Å². The Morgan fingerprint density at radius 2 is 1.87 bits per heavy atom. The molecular weight excluding hydrogens is 671 g/mol. The number of nitriles is 1. The van der Waals surface area contributed by atoms with Gasteiger partial charge < -0.3 is 19.0 Å². The minimum atomic E-state index is -2.15. The third-order valence-electron chi connectivity index (χ3n) is 10.1. The molecule has 5 rings (SSSR count). The number of fused-ring (bicyclic) bond motifs is 1. The normalized spacial score (nSPS) is 16.3. The fourth-order valence-electron chi connectivity index (χ4n) is 6.01. The SMILES string of the molecule is CC(C)CCc1c(Nc2nccc(-c3cc(C#N)c4c(c3)[C@@](C)(CO[Si](C)(C)C(C)(C)C)CN4C(=O)OC(C)(C)C)n2)cnn1Cc1nccn1C. The van der Waals surface area contributed by atoms with Crippen LogP contribution in [0.4, 0.5) is 22.1 Å². The molecule has 0 fully saturated rings. The average molecular weight is 726 g/mol. The molecule has 0 spiro atoms. The Labute approximate surface area is 309 Å². The number of amides is 1. The first-order valence-electron chi connectivity index (χ1n) is 18.1. The van der Waals surface area contributed by atoms with Gasteiger partial charge in [0.25, 0.3) is 0 Å². The number of rotatable bonds is 11. The van der Waals surface area contributed by atoms with E-state index >= 15 is 0 Å². The van der Waals surface area contributed by atoms with Crippen molar-refractivity contribution in [2.75, 3.05) is 23.4 Å². The highest BCUT2D eigenvalue weighted by molar-refractivity contribution is 6.74. The van der Waals surface area contributed by atoms with E-state index in [1.165, 1.54) is 0 Å². The zero-order chi connectivity index (χ0) is 38.2. The number of hydrogen-bond donors (Lipinski definition) is 1. The predicted molar refractivity (Wildman–Crippen MR) is 207 cm³/mol. The van der Waals surface area contributed by atoms with Crippen molar-refractivity contribution in [3.05, 3.63) is 65.6 Å². The molecule has 0 radical (unpaired) electrons. The molecule has 1 atom stereocenters. The monoisotopic (exact) mass is 725 g/mol. The van der Waals surface area contributed by atoms with Gasteiger partial charge in [0.1, 0.15) is 17.5 Å². The van der Waals surface area contributed by atoms with Crippen molar-refractivity contribution in [2.24, 2.45) is 13.0 Å². The van der Waals surface area contributed by atoms with E-state index < -0.39 is 25.4 Å². The van der Waals surface area contributed by atoms with Crippen molar-refractivity contribution in [1.29, 1.82) is 5.26 Å². The lowest BCUT2D eigenvalue weighted by Crippen LogP contribution is -2.46. The molecule has 4 heterocycles. The summed E-state index contributed by atoms with van der Waals surface area (Å²) in [5.74, 6) is 1.84. The van der Waals surface area contributed by atoms with Gasteiger partial charge in [-0.05, 0) is 81.4 Å². The molecule has 52 heavy (non-hydrogen) atoms. The lowest BCUT2D eigenvalue weighted by Gasteiger charge is -2.39. The topological polar surface area (TPSA) is 136 Å². The minimum Gasteiger partial charge on any atom is -0.443 e. The summed E-state index contributed by atoms with van der Waals surface area (Å²) in [5, 5.41) is 18.7. The van der Waals surface area contributed by atoms with Gasteiger partial charge in [-0.1, -0.05) is 41.5 Å². The first-order chi connectivity index (χ1) is 24.2. The molecule has 1 amide bonds. The predicted octanol–water partition coefficient (Wildman–Crippen LogP) is 8.36. The summed E-state index contributed by atoms with van der Waals surface area (Å²) in [4.78, 5) is 29.2. The van der Waals surface area contributed by atoms with E-state index in [0.29, 0.717) is 48.5 Å². The number of hydrogen-bond acceptors (Lipinski definition) is 9. The summed E-state index contributed by atoms with van der Waals surface area (Å²) in [6, 6.07) is 8.04. The van der Waals surface area contributed by atoms with Crippen LogP contribution in [-0.2, 0) is 34.6 Å². The highest BCUT2D eigenvalue weighted by atomic mass is 28.4. The van der Waals surface area contributed by atoms with E-state index in [1.54, 1.807) is 23.4 Å². The highest BCUT2D eigenvalue weighted by Crippen LogP contribution is 2.47. The molecule has 13 heteroatoms. The smallest absolute Gasteiger partial charge is 0.414 e. The van der Waals surface area contributed by atoms with Gasteiger partial charge in [0, 0.05) is 49.8 Å². The number of carbonyl (C=O) groups excluding carboxylic acids is 1. The van der Waals surface area contributed by atoms with Crippen molar-refractivity contribution in [2.45, 2.75) is 111 Å². The molecule has 3 aromatic heterocycles. The van der Waals surface area contributed by atoms with Crippen LogP contribution in [0.5, 0.6) is 0 Å². The summed E-state index contributed by atoms with van der Waals surface area (Å²) in [6.07, 6.45) is 8.58. The summed E-state index contributed by atoms with van der Waals surface area (Å²) in [5.41, 5.74) is 3.75. The lowest BCUT2D eigenvalue weighted by atomic mass is 9.83. The Kier molecular flexibility index (Phi) is 10.8. The molecule has 1 N–H and O–H groups in total. The molecule has 278 valence electrons. The van der Waals surface area contributed by atoms with Crippen molar-refractivity contribution in [1.82, 2.24) is 29.3 Å². The molecule has 4 aromatic rings. The molecule has 12 nitrogen and oxygen atoms in total. The van der Waals surface area contributed by atoms with E-state index in [4.69, 9.17) is 19.2 Å². The molecule has 1 aliphatic rings. The standard InChI is InChI=1S/C39H55N9O3Si/c1-26(2)13-14-32-31(22-43-48(32)23-33-41-17-18-46(33)10)45-35-42-16-15-30(44-35)27-19-28(21-40)34-29(20-27)39(9,25-50-52(11,12)38(6,7)8)24-47(34)36(49)51-37(3,4)5/h15-20,22,26H,13-14,23-25H2,1-12H3,(H,42,44,45)/t39-/m1/s1. The lowest BCUT2D eigenvalue weighted by molar-refractivity contribution is 0.0575. The van der Waals surface area contributed by atoms with E-state index in [0.717, 1.165) is 41.2 Å². The van der Waals surface area contributed by atoms with E-state index in [-0.39, 0.29) is 5.04 Å². The number of imidazole rings is 1. The van der Waals surface area contributed by atoms with Crippen LogP contribution in [0.3, 0.4) is 0 Å². The maximum atomic E-state index is 13.7. The Morgan fingerprint density at radius 1 is 1.13 bits per heavy atom. The van der Waals surface area contributed by atoms with Crippen molar-refractivity contribution < 1.29 is 14.0 Å². The van der Waals surface area contributed by atoms with E-state index in [9.17, 15) is 10.1 Å². The fourth-order valence-corrected chi connectivity index (χ4v) is 7.12. The molecule has 0 bridgehead atoms. The maximum absolute atomic E-state index is 13.7. The van der Waals surface area contributed by atoms with Gasteiger partial charge in [-0.15, -0.1) is 0 Å². The number of ether oxygens (including phenoxy) is 1. The fraction of sp³-hybridized carbons (Fsp3) is 0.538. The second-order valence-electron chi connectivity index (χ2n) is 17.1. The summed E-state index contributed by atoms with van der Waals surface area (Å²) in [6.45, 7) is 24.4. The third-order valence-corrected chi connectivity index (χ3v) is 14.6. The zero-order valence-corrected chi connectivity index (χ0v) is 34.0. The first kappa shape index (κ1) is 38.7. The van der Waals surface area contributed by atoms with Crippen molar-refractivity contribution in [3.8, 4) is 17.3 Å². The number of carbonyl (C=O) groups is 1. The molecule has 0 unspecified atom stereocenters. The molecule has 1 aliphatic heterocycles.